The fourth-order valence-corrected chi connectivity index (χ4v) is 4.50. The van der Waals surface area contributed by atoms with Crippen LogP contribution in [0, 0.1) is 0 Å². The van der Waals surface area contributed by atoms with Crippen LogP contribution >= 0.6 is 0 Å². The maximum Gasteiger partial charge on any atom is 0.322 e. The van der Waals surface area contributed by atoms with Crippen LogP contribution in [0.5, 0.6) is 5.75 Å². The third kappa shape index (κ3) is 3.49. The zero-order valence-corrected chi connectivity index (χ0v) is 19.2. The second-order valence-corrected chi connectivity index (χ2v) is 8.88. The third-order valence-electron chi connectivity index (χ3n) is 6.41. The summed E-state index contributed by atoms with van der Waals surface area (Å²) >= 11 is 0. The quantitative estimate of drug-likeness (QED) is 0.552. The Kier molecular flexibility index (Phi) is 5.11. The summed E-state index contributed by atoms with van der Waals surface area (Å²) in [6.07, 6.45) is 3.76. The Labute approximate surface area is 196 Å². The fraction of sp³-hybridized carbons (Fsp3) is 0.280. The number of hydrogen-bond donors (Lipinski definition) is 2. The highest BCUT2D eigenvalue weighted by molar-refractivity contribution is 6.08. The Morgan fingerprint density at radius 2 is 1.85 bits per heavy atom. The van der Waals surface area contributed by atoms with Gasteiger partial charge in [-0.1, -0.05) is 30.3 Å². The van der Waals surface area contributed by atoms with E-state index in [9.17, 15) is 14.4 Å². The average Bonchev–Trinajstić information content (AvgIpc) is 3.51. The van der Waals surface area contributed by atoms with Gasteiger partial charge < -0.3 is 15.0 Å². The number of amides is 4. The molecule has 2 N–H and O–H groups in total. The van der Waals surface area contributed by atoms with Crippen molar-refractivity contribution in [3.05, 3.63) is 71.5 Å². The minimum Gasteiger partial charge on any atom is -0.497 e. The minimum atomic E-state index is -1.39. The molecule has 2 aliphatic rings. The van der Waals surface area contributed by atoms with Gasteiger partial charge in [-0.15, -0.1) is 0 Å². The number of ether oxygens (including phenoxy) is 1. The Bertz CT molecular complexity index is 1300. The van der Waals surface area contributed by atoms with Gasteiger partial charge in [0.1, 0.15) is 5.75 Å². The van der Waals surface area contributed by atoms with E-state index in [1.807, 2.05) is 41.2 Å². The van der Waals surface area contributed by atoms with Crippen LogP contribution in [-0.4, -0.2) is 46.2 Å². The molecule has 4 amide bonds. The number of rotatable bonds is 6. The number of aromatic nitrogens is 2. The fourth-order valence-electron chi connectivity index (χ4n) is 4.50. The number of urea groups is 1. The summed E-state index contributed by atoms with van der Waals surface area (Å²) in [6, 6.07) is 12.4. The molecule has 5 rings (SSSR count). The van der Waals surface area contributed by atoms with Gasteiger partial charge in [0.2, 0.25) is 0 Å². The molecule has 0 saturated carbocycles. The molecular formula is C25H25N5O4. The van der Waals surface area contributed by atoms with Crippen molar-refractivity contribution in [2.45, 2.75) is 32.0 Å². The van der Waals surface area contributed by atoms with Gasteiger partial charge in [0.05, 0.1) is 19.9 Å². The highest BCUT2D eigenvalue weighted by Gasteiger charge is 2.50. The standard InChI is InChI=1S/C25H25N5O4/c1-15(2)30-13-18(11-26-30)16-4-7-19(8-5-16)25(23(32)27-24(33)28-25)14-29-12-17-6-9-20(34-3)10-21(17)22(29)31/h4-11,13,15H,12,14H2,1-3H3,(H2,27,28,32,33)/t25-/m0/s1. The topological polar surface area (TPSA) is 106 Å². The number of methoxy groups -OCH3 is 1. The van der Waals surface area contributed by atoms with Crippen LogP contribution in [-0.2, 0) is 16.9 Å². The first-order valence-electron chi connectivity index (χ1n) is 11.1. The highest BCUT2D eigenvalue weighted by atomic mass is 16.5. The lowest BCUT2D eigenvalue weighted by Gasteiger charge is -2.31. The van der Waals surface area contributed by atoms with Crippen molar-refractivity contribution in [1.82, 2.24) is 25.3 Å². The SMILES string of the molecule is COc1ccc2c(c1)C(=O)N(C[C@@]1(c3ccc(-c4cnn(C(C)C)c4)cc3)NC(=O)NC1=O)C2. The molecule has 3 aromatic rings. The molecule has 1 atom stereocenters. The molecule has 9 nitrogen and oxygen atoms in total. The van der Waals surface area contributed by atoms with Crippen molar-refractivity contribution in [3.8, 4) is 16.9 Å². The van der Waals surface area contributed by atoms with E-state index in [2.05, 4.69) is 29.6 Å². The number of nitrogens with zero attached hydrogens (tertiary/aromatic N) is 3. The van der Waals surface area contributed by atoms with Crippen LogP contribution in [0.25, 0.3) is 11.1 Å². The molecule has 2 aliphatic heterocycles. The summed E-state index contributed by atoms with van der Waals surface area (Å²) in [4.78, 5) is 39.9. The van der Waals surface area contributed by atoms with Gasteiger partial charge in [0.15, 0.2) is 5.54 Å². The minimum absolute atomic E-state index is 0.00499. The van der Waals surface area contributed by atoms with Crippen molar-refractivity contribution in [3.63, 3.8) is 0 Å². The van der Waals surface area contributed by atoms with Crippen LogP contribution in [0.1, 0.15) is 41.4 Å². The predicted octanol–water partition coefficient (Wildman–Crippen LogP) is 2.83. The molecule has 1 saturated heterocycles. The summed E-state index contributed by atoms with van der Waals surface area (Å²) in [7, 11) is 1.55. The third-order valence-corrected chi connectivity index (χ3v) is 6.41. The number of nitrogens with one attached hydrogen (secondary N) is 2. The molecule has 2 aromatic carbocycles. The van der Waals surface area contributed by atoms with Gasteiger partial charge in [-0.3, -0.25) is 19.6 Å². The van der Waals surface area contributed by atoms with Crippen LogP contribution in [0.4, 0.5) is 4.79 Å². The molecular weight excluding hydrogens is 434 g/mol. The first-order valence-corrected chi connectivity index (χ1v) is 11.1. The van der Waals surface area contributed by atoms with Crippen molar-refractivity contribution < 1.29 is 19.1 Å². The van der Waals surface area contributed by atoms with Crippen LogP contribution in [0.2, 0.25) is 0 Å². The monoisotopic (exact) mass is 459 g/mol. The Morgan fingerprint density at radius 1 is 1.09 bits per heavy atom. The Hall–Kier alpha value is -4.14. The van der Waals surface area contributed by atoms with Crippen molar-refractivity contribution >= 4 is 17.8 Å². The normalized spacial score (nSPS) is 19.4. The molecule has 34 heavy (non-hydrogen) atoms. The number of benzene rings is 2. The van der Waals surface area contributed by atoms with Crippen LogP contribution in [0.3, 0.4) is 0 Å². The molecule has 0 radical (unpaired) electrons. The van der Waals surface area contributed by atoms with E-state index < -0.39 is 17.5 Å². The largest absolute Gasteiger partial charge is 0.497 e. The lowest BCUT2D eigenvalue weighted by atomic mass is 9.88. The van der Waals surface area contributed by atoms with Crippen molar-refractivity contribution in [2.24, 2.45) is 0 Å². The molecule has 9 heteroatoms. The average molecular weight is 460 g/mol. The molecule has 0 spiro atoms. The lowest BCUT2D eigenvalue weighted by Crippen LogP contribution is -2.52. The van der Waals surface area contributed by atoms with E-state index in [1.54, 1.807) is 30.3 Å². The summed E-state index contributed by atoms with van der Waals surface area (Å²) in [5, 5.41) is 9.49. The smallest absolute Gasteiger partial charge is 0.322 e. The van der Waals surface area contributed by atoms with Gasteiger partial charge in [0.25, 0.3) is 11.8 Å². The number of imide groups is 1. The van der Waals surface area contributed by atoms with Crippen molar-refractivity contribution in [1.29, 1.82) is 0 Å². The van der Waals surface area contributed by atoms with E-state index in [4.69, 9.17) is 4.74 Å². The number of carbonyl (C=O) groups excluding carboxylic acids is 3. The van der Waals surface area contributed by atoms with Crippen molar-refractivity contribution in [2.75, 3.05) is 13.7 Å². The number of fused-ring (bicyclic) bond motifs is 1. The van der Waals surface area contributed by atoms with Gasteiger partial charge in [-0.2, -0.15) is 5.10 Å². The maximum atomic E-state index is 13.1. The van der Waals surface area contributed by atoms with Gasteiger partial charge in [-0.25, -0.2) is 4.79 Å². The zero-order valence-electron chi connectivity index (χ0n) is 19.2. The summed E-state index contributed by atoms with van der Waals surface area (Å²) in [5.41, 5.74) is 2.48. The van der Waals surface area contributed by atoms with Crippen LogP contribution in [0.15, 0.2) is 54.9 Å². The Balaban J connectivity index is 1.46. The maximum absolute atomic E-state index is 13.1. The second-order valence-electron chi connectivity index (χ2n) is 8.88. The number of carbonyl (C=O) groups is 3. The first kappa shape index (κ1) is 21.7. The lowest BCUT2D eigenvalue weighted by molar-refractivity contribution is -0.124. The van der Waals surface area contributed by atoms with E-state index >= 15 is 0 Å². The van der Waals surface area contributed by atoms with E-state index in [-0.39, 0.29) is 18.5 Å². The van der Waals surface area contributed by atoms with E-state index in [1.165, 1.54) is 0 Å². The van der Waals surface area contributed by atoms with Crippen LogP contribution < -0.4 is 15.4 Å². The Morgan fingerprint density at radius 3 is 2.47 bits per heavy atom. The summed E-state index contributed by atoms with van der Waals surface area (Å²) < 4.78 is 7.12. The van der Waals surface area contributed by atoms with E-state index in [0.29, 0.717) is 23.4 Å². The summed E-state index contributed by atoms with van der Waals surface area (Å²) in [6.45, 7) is 4.46. The molecule has 174 valence electrons. The zero-order chi connectivity index (χ0) is 24.0. The molecule has 0 unspecified atom stereocenters. The predicted molar refractivity (Wildman–Crippen MR) is 124 cm³/mol. The molecule has 1 aromatic heterocycles. The van der Waals surface area contributed by atoms with Gasteiger partial charge in [-0.05, 0) is 42.7 Å². The molecule has 1 fully saturated rings. The second kappa shape index (κ2) is 8.02. The summed E-state index contributed by atoms with van der Waals surface area (Å²) in [5.74, 6) is -0.105. The number of hydrogen-bond acceptors (Lipinski definition) is 5. The van der Waals surface area contributed by atoms with E-state index in [0.717, 1.165) is 16.7 Å². The van der Waals surface area contributed by atoms with Gasteiger partial charge >= 0.3 is 6.03 Å². The van der Waals surface area contributed by atoms with Gasteiger partial charge in [0, 0.05) is 29.9 Å². The molecule has 3 heterocycles. The molecule has 0 bridgehead atoms. The molecule has 0 aliphatic carbocycles. The first-order chi connectivity index (χ1) is 16.3. The highest BCUT2D eigenvalue weighted by Crippen LogP contribution is 2.33.